The Balaban J connectivity index is 0.000000640. The molecule has 0 spiro atoms. The maximum atomic E-state index is 2.17. The van der Waals surface area contributed by atoms with Crippen LogP contribution in [0.15, 0.2) is 24.3 Å². The Morgan fingerprint density at radius 3 is 1.67 bits per heavy atom. The van der Waals surface area contributed by atoms with Gasteiger partial charge in [-0.1, -0.05) is 35.4 Å². The first-order valence-corrected chi connectivity index (χ1v) is 2.82. The topological polar surface area (TPSA) is 0 Å². The average Bonchev–Trinajstić information content (AvgIpc) is 1.64. The zero-order valence-corrected chi connectivity index (χ0v) is 7.43. The number of rotatable bonds is 0. The molecule has 0 fully saturated rings. The van der Waals surface area contributed by atoms with Crippen LogP contribution in [0.25, 0.3) is 0 Å². The average molecular weight is 130 g/mol. The van der Waals surface area contributed by atoms with Gasteiger partial charge in [0.2, 0.25) is 0 Å². The lowest BCUT2D eigenvalue weighted by atomic mass is 10.2. The van der Waals surface area contributed by atoms with Crippen molar-refractivity contribution in [3.63, 3.8) is 0 Å². The van der Waals surface area contributed by atoms with Crippen molar-refractivity contribution in [2.45, 2.75) is 13.8 Å². The number of hydrogen-bond donors (Lipinski definition) is 0. The van der Waals surface area contributed by atoms with Crippen LogP contribution in [0.1, 0.15) is 11.1 Å². The highest BCUT2D eigenvalue weighted by Gasteiger charge is 1.80. The van der Waals surface area contributed by atoms with E-state index in [1.807, 2.05) is 0 Å². The molecular formula is C8H10Mg. The lowest BCUT2D eigenvalue weighted by molar-refractivity contribution is 1.39. The van der Waals surface area contributed by atoms with Crippen LogP contribution in [0.2, 0.25) is 0 Å². The Morgan fingerprint density at radius 2 is 1.44 bits per heavy atom. The number of benzene rings is 1. The van der Waals surface area contributed by atoms with Crippen molar-refractivity contribution in [3.8, 4) is 0 Å². The van der Waals surface area contributed by atoms with Crippen molar-refractivity contribution < 1.29 is 0 Å². The second-order valence-corrected chi connectivity index (χ2v) is 2.16. The van der Waals surface area contributed by atoms with Gasteiger partial charge in [0.15, 0.2) is 0 Å². The maximum absolute atomic E-state index is 2.17. The molecule has 9 heavy (non-hydrogen) atoms. The van der Waals surface area contributed by atoms with Crippen molar-refractivity contribution in [2.24, 2.45) is 0 Å². The van der Waals surface area contributed by atoms with E-state index in [2.05, 4.69) is 38.1 Å². The molecule has 0 saturated heterocycles. The van der Waals surface area contributed by atoms with E-state index < -0.39 is 0 Å². The van der Waals surface area contributed by atoms with Gasteiger partial charge in [0.1, 0.15) is 0 Å². The minimum Gasteiger partial charge on any atom is -0.0617 e. The largest absolute Gasteiger partial charge is 0.0617 e. The Kier molecular flexibility index (Phi) is 3.90. The first kappa shape index (κ1) is 8.99. The van der Waals surface area contributed by atoms with Crippen molar-refractivity contribution in [3.05, 3.63) is 35.4 Å². The molecule has 0 nitrogen and oxygen atoms in total. The van der Waals surface area contributed by atoms with Gasteiger partial charge in [-0.25, -0.2) is 0 Å². The summed E-state index contributed by atoms with van der Waals surface area (Å²) in [6.07, 6.45) is 0. The smallest absolute Gasteiger partial charge is 0 e. The highest BCUT2D eigenvalue weighted by atomic mass is 24.3. The fourth-order valence-corrected chi connectivity index (χ4v) is 0.807. The Morgan fingerprint density at radius 1 is 1.00 bits per heavy atom. The van der Waals surface area contributed by atoms with Crippen LogP contribution in [0.3, 0.4) is 0 Å². The summed E-state index contributed by atoms with van der Waals surface area (Å²) in [5.74, 6) is 0. The maximum Gasteiger partial charge on any atom is 0 e. The van der Waals surface area contributed by atoms with Crippen molar-refractivity contribution in [1.29, 1.82) is 0 Å². The molecule has 0 heterocycles. The van der Waals surface area contributed by atoms with Gasteiger partial charge >= 0.3 is 0 Å². The number of aryl methyl sites for hydroxylation is 2. The lowest BCUT2D eigenvalue weighted by Gasteiger charge is -1.90. The van der Waals surface area contributed by atoms with Crippen LogP contribution in [0.5, 0.6) is 0 Å². The molecule has 44 valence electrons. The van der Waals surface area contributed by atoms with Crippen molar-refractivity contribution in [1.82, 2.24) is 0 Å². The third-order valence-corrected chi connectivity index (χ3v) is 1.17. The Hall–Kier alpha value is -0.0138. The van der Waals surface area contributed by atoms with E-state index in [0.29, 0.717) is 0 Å². The molecule has 0 aliphatic heterocycles. The molecule has 0 unspecified atom stereocenters. The third kappa shape index (κ3) is 2.87. The van der Waals surface area contributed by atoms with Crippen LogP contribution >= 0.6 is 0 Å². The molecular weight excluding hydrogens is 120 g/mol. The van der Waals surface area contributed by atoms with Crippen LogP contribution in [0, 0.1) is 13.8 Å². The zero-order valence-electron chi connectivity index (χ0n) is 6.02. The first-order chi connectivity index (χ1) is 3.79. The van der Waals surface area contributed by atoms with E-state index in [0.717, 1.165) is 0 Å². The summed E-state index contributed by atoms with van der Waals surface area (Å²) >= 11 is 0. The van der Waals surface area contributed by atoms with Crippen LogP contribution in [-0.4, -0.2) is 23.1 Å². The van der Waals surface area contributed by atoms with Crippen LogP contribution < -0.4 is 0 Å². The van der Waals surface area contributed by atoms with Crippen LogP contribution in [0.4, 0.5) is 0 Å². The highest BCUT2D eigenvalue weighted by Crippen LogP contribution is 2.00. The van der Waals surface area contributed by atoms with E-state index in [4.69, 9.17) is 0 Å². The molecule has 0 N–H and O–H groups in total. The predicted molar refractivity (Wildman–Crippen MR) is 41.7 cm³/mol. The SMILES string of the molecule is Cc1cccc(C)c1.[Mg]. The molecule has 1 heteroatoms. The van der Waals surface area contributed by atoms with Gasteiger partial charge in [-0.15, -0.1) is 0 Å². The summed E-state index contributed by atoms with van der Waals surface area (Å²) < 4.78 is 0. The Bertz CT molecular complexity index is 164. The zero-order chi connectivity index (χ0) is 5.98. The minimum atomic E-state index is 0. The van der Waals surface area contributed by atoms with Gasteiger partial charge in [0.05, 0.1) is 0 Å². The summed E-state index contributed by atoms with van der Waals surface area (Å²) in [4.78, 5) is 0. The molecule has 0 saturated carbocycles. The van der Waals surface area contributed by atoms with Gasteiger partial charge in [-0.2, -0.15) is 0 Å². The second-order valence-electron chi connectivity index (χ2n) is 2.16. The van der Waals surface area contributed by atoms with E-state index in [9.17, 15) is 0 Å². The normalized spacial score (nSPS) is 8.22. The van der Waals surface area contributed by atoms with Gasteiger partial charge < -0.3 is 0 Å². The summed E-state index contributed by atoms with van der Waals surface area (Å²) in [5, 5.41) is 0. The van der Waals surface area contributed by atoms with Crippen molar-refractivity contribution in [2.75, 3.05) is 0 Å². The predicted octanol–water partition coefficient (Wildman–Crippen LogP) is 1.92. The molecule has 0 aromatic heterocycles. The van der Waals surface area contributed by atoms with E-state index in [-0.39, 0.29) is 23.1 Å². The van der Waals surface area contributed by atoms with Crippen LogP contribution in [-0.2, 0) is 0 Å². The molecule has 2 radical (unpaired) electrons. The van der Waals surface area contributed by atoms with Gasteiger partial charge in [-0.3, -0.25) is 0 Å². The van der Waals surface area contributed by atoms with E-state index in [1.54, 1.807) is 0 Å². The Labute approximate surface area is 72.4 Å². The molecule has 1 aromatic rings. The quantitative estimate of drug-likeness (QED) is 0.471. The van der Waals surface area contributed by atoms with Gasteiger partial charge in [0.25, 0.3) is 0 Å². The third-order valence-electron chi connectivity index (χ3n) is 1.17. The summed E-state index contributed by atoms with van der Waals surface area (Å²) in [7, 11) is 0. The second kappa shape index (κ2) is 3.91. The molecule has 1 rings (SSSR count). The lowest BCUT2D eigenvalue weighted by Crippen LogP contribution is -1.71. The first-order valence-electron chi connectivity index (χ1n) is 2.82. The number of hydrogen-bond acceptors (Lipinski definition) is 0. The summed E-state index contributed by atoms with van der Waals surface area (Å²) in [5.41, 5.74) is 2.68. The molecule has 0 aliphatic rings. The summed E-state index contributed by atoms with van der Waals surface area (Å²) in [6, 6.07) is 8.45. The van der Waals surface area contributed by atoms with E-state index in [1.165, 1.54) is 11.1 Å². The molecule has 0 aliphatic carbocycles. The van der Waals surface area contributed by atoms with Crippen molar-refractivity contribution >= 4 is 23.1 Å². The molecule has 1 aromatic carbocycles. The monoisotopic (exact) mass is 130 g/mol. The molecule has 0 atom stereocenters. The molecule has 0 amide bonds. The fourth-order valence-electron chi connectivity index (χ4n) is 0.807. The van der Waals surface area contributed by atoms with Gasteiger partial charge in [0, 0.05) is 23.1 Å². The standard InChI is InChI=1S/C8H10.Mg/c1-7-4-3-5-8(2)6-7;/h3-6H,1-2H3;. The molecule has 0 bridgehead atoms. The highest BCUT2D eigenvalue weighted by molar-refractivity contribution is 5.75. The summed E-state index contributed by atoms with van der Waals surface area (Å²) in [6.45, 7) is 4.21. The minimum absolute atomic E-state index is 0. The van der Waals surface area contributed by atoms with Gasteiger partial charge in [-0.05, 0) is 13.8 Å². The van der Waals surface area contributed by atoms with E-state index >= 15 is 0 Å². The fraction of sp³-hybridized carbons (Fsp3) is 0.250.